The van der Waals surface area contributed by atoms with Gasteiger partial charge in [-0.25, -0.2) is 4.79 Å². The van der Waals surface area contributed by atoms with Gasteiger partial charge in [-0.05, 0) is 32.3 Å². The highest BCUT2D eigenvalue weighted by Gasteiger charge is 2.37. The molecular weight excluding hydrogens is 258 g/mol. The maximum atomic E-state index is 12.4. The summed E-state index contributed by atoms with van der Waals surface area (Å²) in [6, 6.07) is 1.72. The Kier molecular flexibility index (Phi) is 5.30. The molecule has 1 rings (SSSR count). The summed E-state index contributed by atoms with van der Waals surface area (Å²) >= 11 is 0. The number of nitrogens with zero attached hydrogens (tertiary/aromatic N) is 2. The summed E-state index contributed by atoms with van der Waals surface area (Å²) in [7, 11) is 0. The molecule has 0 aromatic carbocycles. The Balaban J connectivity index is 3.06. The van der Waals surface area contributed by atoms with Crippen molar-refractivity contribution in [3.63, 3.8) is 0 Å². The first-order chi connectivity index (χ1) is 9.43. The number of rotatable bonds is 7. The normalized spacial score (nSPS) is 11.4. The molecule has 0 bridgehead atoms. The molecule has 0 saturated heterocycles. The van der Waals surface area contributed by atoms with Crippen LogP contribution in [0.2, 0.25) is 0 Å². The number of aliphatic carboxylic acids is 1. The Labute approximate surface area is 119 Å². The van der Waals surface area contributed by atoms with Gasteiger partial charge in [-0.2, -0.15) is 5.10 Å². The topological polar surface area (TPSA) is 84.2 Å². The minimum absolute atomic E-state index is 0.339. The molecule has 112 valence electrons. The highest BCUT2D eigenvalue weighted by Crippen LogP contribution is 2.17. The summed E-state index contributed by atoms with van der Waals surface area (Å²) in [5.41, 5.74) is 0.0227. The first kappa shape index (κ1) is 16.2. The van der Waals surface area contributed by atoms with E-state index in [4.69, 9.17) is 0 Å². The van der Waals surface area contributed by atoms with Crippen LogP contribution >= 0.6 is 0 Å². The van der Waals surface area contributed by atoms with Crippen molar-refractivity contribution in [2.24, 2.45) is 0 Å². The van der Waals surface area contributed by atoms with Crippen molar-refractivity contribution in [1.29, 1.82) is 0 Å². The van der Waals surface area contributed by atoms with E-state index in [9.17, 15) is 14.7 Å². The molecule has 1 heterocycles. The van der Waals surface area contributed by atoms with E-state index in [2.05, 4.69) is 10.4 Å². The van der Waals surface area contributed by atoms with Crippen LogP contribution in [0.3, 0.4) is 0 Å². The van der Waals surface area contributed by atoms with Crippen LogP contribution in [0.15, 0.2) is 6.07 Å². The Morgan fingerprint density at radius 2 is 1.90 bits per heavy atom. The Morgan fingerprint density at radius 3 is 2.30 bits per heavy atom. The van der Waals surface area contributed by atoms with Gasteiger partial charge in [0.15, 0.2) is 0 Å². The molecule has 1 aromatic rings. The quantitative estimate of drug-likeness (QED) is 0.798. The SMILES string of the molecule is CCc1cc(C(=O)NC(CC)(CC)C(=O)O)n(CC)n1. The van der Waals surface area contributed by atoms with Gasteiger partial charge in [0.1, 0.15) is 11.2 Å². The first-order valence-electron chi connectivity index (χ1n) is 7.06. The smallest absolute Gasteiger partial charge is 0.329 e. The van der Waals surface area contributed by atoms with Crippen LogP contribution < -0.4 is 5.32 Å². The molecule has 0 aliphatic rings. The fourth-order valence-electron chi connectivity index (χ4n) is 2.13. The van der Waals surface area contributed by atoms with E-state index in [1.807, 2.05) is 13.8 Å². The lowest BCUT2D eigenvalue weighted by Gasteiger charge is -2.28. The van der Waals surface area contributed by atoms with Crippen LogP contribution in [0, 0.1) is 0 Å². The van der Waals surface area contributed by atoms with Crippen molar-refractivity contribution in [2.75, 3.05) is 0 Å². The fraction of sp³-hybridized carbons (Fsp3) is 0.643. The molecule has 0 aliphatic heterocycles. The molecular formula is C14H23N3O3. The van der Waals surface area contributed by atoms with Crippen molar-refractivity contribution in [1.82, 2.24) is 15.1 Å². The van der Waals surface area contributed by atoms with Crippen molar-refractivity contribution in [2.45, 2.75) is 59.0 Å². The number of carbonyl (C=O) groups excluding carboxylic acids is 1. The summed E-state index contributed by atoms with van der Waals surface area (Å²) < 4.78 is 1.60. The van der Waals surface area contributed by atoms with Crippen molar-refractivity contribution in [3.05, 3.63) is 17.5 Å². The van der Waals surface area contributed by atoms with Crippen LogP contribution in [-0.4, -0.2) is 32.3 Å². The van der Waals surface area contributed by atoms with Gasteiger partial charge in [-0.1, -0.05) is 20.8 Å². The predicted molar refractivity (Wildman–Crippen MR) is 75.7 cm³/mol. The predicted octanol–water partition coefficient (Wildman–Crippen LogP) is 1.84. The van der Waals surface area contributed by atoms with Crippen LogP contribution in [0.4, 0.5) is 0 Å². The molecule has 1 aromatic heterocycles. The number of aromatic nitrogens is 2. The summed E-state index contributed by atoms with van der Waals surface area (Å²) in [6.07, 6.45) is 1.41. The van der Waals surface area contributed by atoms with Gasteiger partial charge in [0.2, 0.25) is 0 Å². The van der Waals surface area contributed by atoms with Crippen molar-refractivity contribution >= 4 is 11.9 Å². The molecule has 6 heteroatoms. The zero-order valence-electron chi connectivity index (χ0n) is 12.6. The van der Waals surface area contributed by atoms with Gasteiger partial charge in [0.25, 0.3) is 5.91 Å². The molecule has 0 spiro atoms. The summed E-state index contributed by atoms with van der Waals surface area (Å²) in [5, 5.41) is 16.3. The van der Waals surface area contributed by atoms with Gasteiger partial charge in [0, 0.05) is 6.54 Å². The standard InChI is InChI=1S/C14H23N3O3/c1-5-10-9-11(17(8-4)16-10)12(18)15-14(6-2,7-3)13(19)20/h9H,5-8H2,1-4H3,(H,15,18)(H,19,20). The maximum absolute atomic E-state index is 12.4. The molecule has 0 unspecified atom stereocenters. The third-order valence-electron chi connectivity index (χ3n) is 3.69. The third kappa shape index (κ3) is 3.00. The van der Waals surface area contributed by atoms with E-state index in [0.717, 1.165) is 12.1 Å². The van der Waals surface area contributed by atoms with Crippen molar-refractivity contribution < 1.29 is 14.7 Å². The number of carboxylic acid groups (broad SMARTS) is 1. The second-order valence-corrected chi connectivity index (χ2v) is 4.74. The van der Waals surface area contributed by atoms with Gasteiger partial charge in [-0.15, -0.1) is 0 Å². The lowest BCUT2D eigenvalue weighted by atomic mass is 9.93. The Bertz CT molecular complexity index is 490. The number of carboxylic acids is 1. The third-order valence-corrected chi connectivity index (χ3v) is 3.69. The van der Waals surface area contributed by atoms with Gasteiger partial charge in [-0.3, -0.25) is 9.48 Å². The van der Waals surface area contributed by atoms with Gasteiger partial charge < -0.3 is 10.4 Å². The van der Waals surface area contributed by atoms with E-state index >= 15 is 0 Å². The van der Waals surface area contributed by atoms with Crippen LogP contribution in [-0.2, 0) is 17.8 Å². The molecule has 0 atom stereocenters. The van der Waals surface area contributed by atoms with Gasteiger partial charge >= 0.3 is 5.97 Å². The number of aryl methyl sites for hydroxylation is 2. The minimum Gasteiger partial charge on any atom is -0.480 e. The monoisotopic (exact) mass is 281 g/mol. The lowest BCUT2D eigenvalue weighted by molar-refractivity contribution is -0.144. The average Bonchev–Trinajstić information content (AvgIpc) is 2.87. The number of amides is 1. The van der Waals surface area contributed by atoms with Crippen molar-refractivity contribution in [3.8, 4) is 0 Å². The highest BCUT2D eigenvalue weighted by molar-refractivity contribution is 5.96. The van der Waals surface area contributed by atoms with Crippen LogP contribution in [0.1, 0.15) is 56.7 Å². The largest absolute Gasteiger partial charge is 0.480 e. The molecule has 6 nitrogen and oxygen atoms in total. The molecule has 0 aliphatic carbocycles. The van der Waals surface area contributed by atoms with Crippen LogP contribution in [0.25, 0.3) is 0 Å². The molecule has 0 fully saturated rings. The highest BCUT2D eigenvalue weighted by atomic mass is 16.4. The fourth-order valence-corrected chi connectivity index (χ4v) is 2.13. The van der Waals surface area contributed by atoms with E-state index in [1.54, 1.807) is 24.6 Å². The minimum atomic E-state index is -1.22. The van der Waals surface area contributed by atoms with Gasteiger partial charge in [0.05, 0.1) is 5.69 Å². The van der Waals surface area contributed by atoms with Crippen LogP contribution in [0.5, 0.6) is 0 Å². The average molecular weight is 281 g/mol. The zero-order valence-corrected chi connectivity index (χ0v) is 12.6. The van der Waals surface area contributed by atoms with E-state index in [0.29, 0.717) is 25.1 Å². The second-order valence-electron chi connectivity index (χ2n) is 4.74. The molecule has 1 amide bonds. The summed E-state index contributed by atoms with van der Waals surface area (Å²) in [4.78, 5) is 23.8. The molecule has 0 saturated carbocycles. The number of carbonyl (C=O) groups is 2. The Hall–Kier alpha value is -1.85. The number of hydrogen-bond donors (Lipinski definition) is 2. The molecule has 0 radical (unpaired) electrons. The summed E-state index contributed by atoms with van der Waals surface area (Å²) in [5.74, 6) is -1.39. The number of hydrogen-bond acceptors (Lipinski definition) is 3. The molecule has 20 heavy (non-hydrogen) atoms. The van der Waals surface area contributed by atoms with E-state index in [-0.39, 0.29) is 5.91 Å². The Morgan fingerprint density at radius 1 is 1.30 bits per heavy atom. The first-order valence-corrected chi connectivity index (χ1v) is 7.06. The molecule has 2 N–H and O–H groups in total. The second kappa shape index (κ2) is 6.54. The van der Waals surface area contributed by atoms with E-state index < -0.39 is 11.5 Å². The summed E-state index contributed by atoms with van der Waals surface area (Å²) in [6.45, 7) is 7.94. The maximum Gasteiger partial charge on any atom is 0.329 e. The lowest BCUT2D eigenvalue weighted by Crippen LogP contribution is -2.54. The number of nitrogens with one attached hydrogen (secondary N) is 1. The van der Waals surface area contributed by atoms with E-state index in [1.165, 1.54) is 0 Å². The zero-order chi connectivity index (χ0) is 15.3.